The number of ether oxygens (including phenoxy) is 2. The first-order valence-electron chi connectivity index (χ1n) is 8.42. The molecule has 0 bridgehead atoms. The van der Waals surface area contributed by atoms with E-state index in [-0.39, 0.29) is 6.29 Å². The molecule has 2 aliphatic heterocycles. The fourth-order valence-electron chi connectivity index (χ4n) is 3.13. The highest BCUT2D eigenvalue weighted by Crippen LogP contribution is 2.23. The van der Waals surface area contributed by atoms with E-state index in [1.165, 1.54) is 17.8 Å². The smallest absolute Gasteiger partial charge is 0.157 e. The van der Waals surface area contributed by atoms with Gasteiger partial charge in [0.2, 0.25) is 0 Å². The fourth-order valence-corrected chi connectivity index (χ4v) is 3.86. The maximum absolute atomic E-state index is 5.83. The molecule has 2 unspecified atom stereocenters. The minimum atomic E-state index is 0.0416. The minimum Gasteiger partial charge on any atom is -0.353 e. The second-order valence-electron chi connectivity index (χ2n) is 6.09. The molecule has 6 heteroatoms. The molecule has 0 amide bonds. The topological polar surface area (TPSA) is 37.8 Å². The van der Waals surface area contributed by atoms with Crippen molar-refractivity contribution in [2.24, 2.45) is 0 Å². The highest BCUT2D eigenvalue weighted by molar-refractivity contribution is 7.09. The molecule has 1 aromatic heterocycles. The van der Waals surface area contributed by atoms with Gasteiger partial charge in [0.05, 0.1) is 12.6 Å². The van der Waals surface area contributed by atoms with Crippen LogP contribution < -0.4 is 0 Å². The van der Waals surface area contributed by atoms with Crippen molar-refractivity contribution in [3.63, 3.8) is 0 Å². The predicted molar refractivity (Wildman–Crippen MR) is 88.1 cm³/mol. The zero-order chi connectivity index (χ0) is 15.2. The second kappa shape index (κ2) is 8.36. The molecule has 0 aliphatic carbocycles. The van der Waals surface area contributed by atoms with E-state index in [0.717, 1.165) is 52.4 Å². The molecule has 2 fully saturated rings. The van der Waals surface area contributed by atoms with Crippen LogP contribution in [0.3, 0.4) is 0 Å². The molecule has 0 saturated carbocycles. The van der Waals surface area contributed by atoms with Crippen molar-refractivity contribution in [2.45, 2.75) is 38.5 Å². The van der Waals surface area contributed by atoms with E-state index >= 15 is 0 Å². The summed E-state index contributed by atoms with van der Waals surface area (Å²) in [6, 6.07) is 0.439. The van der Waals surface area contributed by atoms with Crippen LogP contribution in [-0.4, -0.2) is 67.0 Å². The zero-order valence-electron chi connectivity index (χ0n) is 13.4. The molecule has 124 valence electrons. The normalized spacial score (nSPS) is 26.1. The summed E-state index contributed by atoms with van der Waals surface area (Å²) in [4.78, 5) is 9.46. The van der Waals surface area contributed by atoms with Gasteiger partial charge in [-0.25, -0.2) is 4.98 Å². The number of nitrogens with zero attached hydrogens (tertiary/aromatic N) is 3. The average Bonchev–Trinajstić information content (AvgIpc) is 3.10. The third kappa shape index (κ3) is 4.49. The van der Waals surface area contributed by atoms with Crippen molar-refractivity contribution in [1.82, 2.24) is 14.8 Å². The lowest BCUT2D eigenvalue weighted by Crippen LogP contribution is -2.48. The molecule has 5 nitrogen and oxygen atoms in total. The summed E-state index contributed by atoms with van der Waals surface area (Å²) < 4.78 is 11.4. The molecule has 1 aromatic rings. The van der Waals surface area contributed by atoms with E-state index in [1.54, 1.807) is 11.3 Å². The summed E-state index contributed by atoms with van der Waals surface area (Å²) >= 11 is 1.75. The van der Waals surface area contributed by atoms with Crippen molar-refractivity contribution in [3.8, 4) is 0 Å². The molecule has 0 N–H and O–H groups in total. The summed E-state index contributed by atoms with van der Waals surface area (Å²) in [5.41, 5.74) is 0. The minimum absolute atomic E-state index is 0.0416. The van der Waals surface area contributed by atoms with Gasteiger partial charge in [0.1, 0.15) is 5.01 Å². The molecule has 2 atom stereocenters. The quantitative estimate of drug-likeness (QED) is 0.803. The van der Waals surface area contributed by atoms with E-state index in [1.807, 2.05) is 6.20 Å². The molecule has 0 spiro atoms. The number of hydrogen-bond acceptors (Lipinski definition) is 6. The highest BCUT2D eigenvalue weighted by Gasteiger charge is 2.23. The van der Waals surface area contributed by atoms with Crippen LogP contribution in [0.5, 0.6) is 0 Å². The Labute approximate surface area is 137 Å². The molecular formula is C16H27N3O2S. The van der Waals surface area contributed by atoms with Gasteiger partial charge in [-0.2, -0.15) is 0 Å². The molecule has 22 heavy (non-hydrogen) atoms. The molecule has 2 aliphatic rings. The largest absolute Gasteiger partial charge is 0.353 e. The number of rotatable bonds is 6. The van der Waals surface area contributed by atoms with Gasteiger partial charge in [-0.15, -0.1) is 11.3 Å². The van der Waals surface area contributed by atoms with Crippen LogP contribution >= 0.6 is 11.3 Å². The van der Waals surface area contributed by atoms with Gasteiger partial charge in [-0.05, 0) is 26.2 Å². The first-order chi connectivity index (χ1) is 10.8. The van der Waals surface area contributed by atoms with E-state index in [4.69, 9.17) is 9.47 Å². The van der Waals surface area contributed by atoms with Crippen molar-refractivity contribution >= 4 is 11.3 Å². The van der Waals surface area contributed by atoms with Crippen LogP contribution in [0.1, 0.15) is 37.2 Å². The van der Waals surface area contributed by atoms with Crippen molar-refractivity contribution < 1.29 is 9.47 Å². The van der Waals surface area contributed by atoms with Crippen LogP contribution in [0.2, 0.25) is 0 Å². The van der Waals surface area contributed by atoms with Crippen LogP contribution in [-0.2, 0) is 9.47 Å². The van der Waals surface area contributed by atoms with Crippen LogP contribution in [0, 0.1) is 0 Å². The Morgan fingerprint density at radius 1 is 1.36 bits per heavy atom. The lowest BCUT2D eigenvalue weighted by atomic mass is 10.2. The van der Waals surface area contributed by atoms with E-state index in [9.17, 15) is 0 Å². The number of thiazole rings is 1. The average molecular weight is 325 g/mol. The first kappa shape index (κ1) is 16.3. The van der Waals surface area contributed by atoms with Crippen LogP contribution in [0.4, 0.5) is 0 Å². The zero-order valence-corrected chi connectivity index (χ0v) is 14.3. The van der Waals surface area contributed by atoms with Crippen molar-refractivity contribution in [1.29, 1.82) is 0 Å². The van der Waals surface area contributed by atoms with Gasteiger partial charge < -0.3 is 9.47 Å². The summed E-state index contributed by atoms with van der Waals surface area (Å²) in [5, 5.41) is 3.29. The Kier molecular flexibility index (Phi) is 6.20. The van der Waals surface area contributed by atoms with Crippen molar-refractivity contribution in [3.05, 3.63) is 16.6 Å². The maximum atomic E-state index is 5.83. The SMILES string of the molecule is CC(c1nccs1)N1CCN(CCOC2CCCCO2)CC1. The third-order valence-electron chi connectivity index (χ3n) is 4.61. The van der Waals surface area contributed by atoms with E-state index in [0.29, 0.717) is 6.04 Å². The number of piperazine rings is 1. The molecule has 3 rings (SSSR count). The third-order valence-corrected chi connectivity index (χ3v) is 5.56. The lowest BCUT2D eigenvalue weighted by molar-refractivity contribution is -0.164. The fraction of sp³-hybridized carbons (Fsp3) is 0.812. The van der Waals surface area contributed by atoms with Gasteiger partial charge in [-0.3, -0.25) is 9.80 Å². The van der Waals surface area contributed by atoms with Crippen molar-refractivity contribution in [2.75, 3.05) is 45.9 Å². The Bertz CT molecular complexity index is 415. The summed E-state index contributed by atoms with van der Waals surface area (Å²) in [6.45, 7) is 9.37. The molecule has 0 radical (unpaired) electrons. The molecule has 0 aromatic carbocycles. The Hall–Kier alpha value is -0.530. The molecule has 2 saturated heterocycles. The standard InChI is InChI=1S/C16H27N3O2S/c1-14(16-17-5-13-22-16)19-8-6-18(7-9-19)10-12-21-15-4-2-3-11-20-15/h5,13-15H,2-4,6-12H2,1H3. The molecular weight excluding hydrogens is 298 g/mol. The lowest BCUT2D eigenvalue weighted by Gasteiger charge is -2.37. The number of hydrogen-bond donors (Lipinski definition) is 0. The number of aromatic nitrogens is 1. The van der Waals surface area contributed by atoms with Gasteiger partial charge in [0.25, 0.3) is 0 Å². The van der Waals surface area contributed by atoms with Crippen LogP contribution in [0.15, 0.2) is 11.6 Å². The molecule has 3 heterocycles. The van der Waals surface area contributed by atoms with Crippen LogP contribution in [0.25, 0.3) is 0 Å². The Morgan fingerprint density at radius 3 is 2.91 bits per heavy atom. The maximum Gasteiger partial charge on any atom is 0.157 e. The van der Waals surface area contributed by atoms with Gasteiger partial charge >= 0.3 is 0 Å². The van der Waals surface area contributed by atoms with E-state index in [2.05, 4.69) is 27.1 Å². The summed E-state index contributed by atoms with van der Waals surface area (Å²) in [5.74, 6) is 0. The Balaban J connectivity index is 1.33. The van der Waals surface area contributed by atoms with Gasteiger partial charge in [0.15, 0.2) is 6.29 Å². The first-order valence-corrected chi connectivity index (χ1v) is 9.30. The summed E-state index contributed by atoms with van der Waals surface area (Å²) in [7, 11) is 0. The van der Waals surface area contributed by atoms with Gasteiger partial charge in [-0.1, -0.05) is 0 Å². The monoisotopic (exact) mass is 325 g/mol. The Morgan fingerprint density at radius 2 is 2.23 bits per heavy atom. The van der Waals surface area contributed by atoms with E-state index < -0.39 is 0 Å². The van der Waals surface area contributed by atoms with Gasteiger partial charge in [0, 0.05) is 50.9 Å². The highest BCUT2D eigenvalue weighted by atomic mass is 32.1. The summed E-state index contributed by atoms with van der Waals surface area (Å²) in [6.07, 6.45) is 5.41. The second-order valence-corrected chi connectivity index (χ2v) is 7.02. The predicted octanol–water partition coefficient (Wildman–Crippen LogP) is 2.36.